The van der Waals surface area contributed by atoms with E-state index in [0.29, 0.717) is 6.42 Å². The minimum Gasteiger partial charge on any atom is -0.756 e. The smallest absolute Gasteiger partial charge is 0.267 e. The molecule has 0 radical (unpaired) electrons. The van der Waals surface area contributed by atoms with E-state index < -0.39 is 7.82 Å². The summed E-state index contributed by atoms with van der Waals surface area (Å²) in [6.45, 7) is 0.529. The summed E-state index contributed by atoms with van der Waals surface area (Å²) in [5.74, 6) is 0. The summed E-state index contributed by atoms with van der Waals surface area (Å²) >= 11 is 0. The minimum atomic E-state index is -3.84. The maximum Gasteiger partial charge on any atom is 0.267 e. The molecule has 0 amide bonds. The van der Waals surface area contributed by atoms with Crippen LogP contribution in [-0.4, -0.2) is 13.2 Å². The van der Waals surface area contributed by atoms with Crippen molar-refractivity contribution in [1.29, 1.82) is 0 Å². The van der Waals surface area contributed by atoms with E-state index in [4.69, 9.17) is 0 Å². The molecule has 0 aromatic carbocycles. The number of phosphoric acid groups is 1. The fraction of sp³-hybridized carbons (Fsp3) is 1.00. The standard InChI is InChI=1S/C3H7O4P/c4-8(5)6-2-1-3-7-8/h1-3H2,(H,4,5)/p-1. The van der Waals surface area contributed by atoms with E-state index in [0.717, 1.165) is 0 Å². The maximum atomic E-state index is 10.2. The largest absolute Gasteiger partial charge is 0.756 e. The van der Waals surface area contributed by atoms with Crippen LogP contribution in [0.4, 0.5) is 0 Å². The number of rotatable bonds is 0. The zero-order valence-corrected chi connectivity index (χ0v) is 5.10. The zero-order valence-electron chi connectivity index (χ0n) is 4.20. The molecule has 1 heterocycles. The Labute approximate surface area is 47.0 Å². The van der Waals surface area contributed by atoms with Crippen molar-refractivity contribution in [3.8, 4) is 0 Å². The average Bonchev–Trinajstić information content (AvgIpc) is 1.65. The second-order valence-corrected chi connectivity index (χ2v) is 2.88. The van der Waals surface area contributed by atoms with Gasteiger partial charge in [-0.1, -0.05) is 0 Å². The fourth-order valence-electron chi connectivity index (χ4n) is 0.449. The van der Waals surface area contributed by atoms with Crippen molar-refractivity contribution < 1.29 is 18.5 Å². The van der Waals surface area contributed by atoms with Gasteiger partial charge in [-0.25, -0.2) is 0 Å². The normalized spacial score (nSPS) is 27.6. The van der Waals surface area contributed by atoms with Crippen LogP contribution in [0.15, 0.2) is 0 Å². The van der Waals surface area contributed by atoms with Gasteiger partial charge in [-0.05, 0) is 6.42 Å². The molecule has 48 valence electrons. The Kier molecular flexibility index (Phi) is 1.68. The highest BCUT2D eigenvalue weighted by atomic mass is 31.2. The molecule has 0 aliphatic carbocycles. The molecule has 0 atom stereocenters. The summed E-state index contributed by atoms with van der Waals surface area (Å²) in [5.41, 5.74) is 0. The molecule has 4 nitrogen and oxygen atoms in total. The topological polar surface area (TPSA) is 58.6 Å². The molecule has 1 fully saturated rings. The van der Waals surface area contributed by atoms with E-state index >= 15 is 0 Å². The summed E-state index contributed by atoms with van der Waals surface area (Å²) in [4.78, 5) is 10.2. The first-order valence-corrected chi connectivity index (χ1v) is 3.77. The van der Waals surface area contributed by atoms with Crippen LogP contribution >= 0.6 is 7.82 Å². The van der Waals surface area contributed by atoms with E-state index in [1.807, 2.05) is 0 Å². The molecule has 0 spiro atoms. The highest BCUT2D eigenvalue weighted by Gasteiger charge is 2.12. The SMILES string of the molecule is O=P1([O-])OCCCO1. The molecule has 0 N–H and O–H groups in total. The molecule has 1 aliphatic heterocycles. The second-order valence-electron chi connectivity index (χ2n) is 1.47. The monoisotopic (exact) mass is 137 g/mol. The average molecular weight is 137 g/mol. The lowest BCUT2D eigenvalue weighted by Gasteiger charge is -2.26. The van der Waals surface area contributed by atoms with Crippen LogP contribution in [0.5, 0.6) is 0 Å². The van der Waals surface area contributed by atoms with Gasteiger partial charge in [0.1, 0.15) is 0 Å². The van der Waals surface area contributed by atoms with Gasteiger partial charge in [-0.2, -0.15) is 0 Å². The number of hydrogen-bond acceptors (Lipinski definition) is 4. The molecule has 5 heteroatoms. The van der Waals surface area contributed by atoms with Gasteiger partial charge in [-0.3, -0.25) is 4.57 Å². The van der Waals surface area contributed by atoms with Gasteiger partial charge in [-0.15, -0.1) is 0 Å². The third-order valence-electron chi connectivity index (χ3n) is 0.787. The van der Waals surface area contributed by atoms with Crippen LogP contribution in [-0.2, 0) is 13.6 Å². The zero-order chi connectivity index (χ0) is 6.04. The quantitative estimate of drug-likeness (QED) is 0.437. The number of hydrogen-bond donors (Lipinski definition) is 0. The van der Waals surface area contributed by atoms with Crippen molar-refractivity contribution in [1.82, 2.24) is 0 Å². The Bertz CT molecular complexity index is 112. The Morgan fingerprint density at radius 2 is 1.88 bits per heavy atom. The molecule has 8 heavy (non-hydrogen) atoms. The maximum absolute atomic E-state index is 10.2. The van der Waals surface area contributed by atoms with Crippen LogP contribution in [0.3, 0.4) is 0 Å². The van der Waals surface area contributed by atoms with E-state index in [9.17, 15) is 9.46 Å². The predicted molar refractivity (Wildman–Crippen MR) is 24.1 cm³/mol. The summed E-state index contributed by atoms with van der Waals surface area (Å²) in [6, 6.07) is 0. The minimum absolute atomic E-state index is 0.265. The Hall–Kier alpha value is 0.110. The van der Waals surface area contributed by atoms with Crippen LogP contribution < -0.4 is 4.89 Å². The van der Waals surface area contributed by atoms with Gasteiger partial charge in [0.25, 0.3) is 7.82 Å². The molecule has 1 rings (SSSR count). The lowest BCUT2D eigenvalue weighted by atomic mass is 10.5. The number of phosphoric ester groups is 1. The summed E-state index contributed by atoms with van der Waals surface area (Å²) in [7, 11) is -3.84. The van der Waals surface area contributed by atoms with Crippen molar-refractivity contribution in [3.63, 3.8) is 0 Å². The highest BCUT2D eigenvalue weighted by molar-refractivity contribution is 7.45. The highest BCUT2D eigenvalue weighted by Crippen LogP contribution is 2.40. The third-order valence-corrected chi connectivity index (χ3v) is 1.79. The van der Waals surface area contributed by atoms with Crippen molar-refractivity contribution in [2.24, 2.45) is 0 Å². The van der Waals surface area contributed by atoms with E-state index in [-0.39, 0.29) is 13.2 Å². The van der Waals surface area contributed by atoms with Gasteiger partial charge in [0.05, 0.1) is 13.2 Å². The molecular formula is C3H6O4P-. The van der Waals surface area contributed by atoms with Crippen molar-refractivity contribution in [2.45, 2.75) is 6.42 Å². The Balaban J connectivity index is 2.45. The fourth-order valence-corrected chi connectivity index (χ4v) is 1.23. The third kappa shape index (κ3) is 1.56. The van der Waals surface area contributed by atoms with Crippen LogP contribution in [0.1, 0.15) is 6.42 Å². The van der Waals surface area contributed by atoms with Crippen LogP contribution in [0, 0.1) is 0 Å². The van der Waals surface area contributed by atoms with Crippen molar-refractivity contribution in [2.75, 3.05) is 13.2 Å². The molecule has 0 saturated carbocycles. The van der Waals surface area contributed by atoms with Crippen molar-refractivity contribution >= 4 is 7.82 Å². The van der Waals surface area contributed by atoms with Crippen LogP contribution in [0.25, 0.3) is 0 Å². The van der Waals surface area contributed by atoms with E-state index in [1.54, 1.807) is 0 Å². The molecule has 0 bridgehead atoms. The van der Waals surface area contributed by atoms with Gasteiger partial charge in [0.2, 0.25) is 0 Å². The molecule has 0 unspecified atom stereocenters. The molecule has 1 aliphatic rings. The Morgan fingerprint density at radius 3 is 2.12 bits per heavy atom. The van der Waals surface area contributed by atoms with E-state index in [1.165, 1.54) is 0 Å². The van der Waals surface area contributed by atoms with Gasteiger partial charge in [0.15, 0.2) is 0 Å². The van der Waals surface area contributed by atoms with E-state index in [2.05, 4.69) is 9.05 Å². The summed E-state index contributed by atoms with van der Waals surface area (Å²) in [5, 5.41) is 0. The lowest BCUT2D eigenvalue weighted by molar-refractivity contribution is -0.231. The molecule has 0 aromatic rings. The first kappa shape index (κ1) is 6.23. The lowest BCUT2D eigenvalue weighted by Crippen LogP contribution is -2.15. The summed E-state index contributed by atoms with van der Waals surface area (Å²) in [6.07, 6.45) is 0.659. The second kappa shape index (κ2) is 2.15. The molecule has 1 saturated heterocycles. The molecule has 0 aromatic heterocycles. The first-order chi connectivity index (χ1) is 3.71. The van der Waals surface area contributed by atoms with Gasteiger partial charge < -0.3 is 13.9 Å². The predicted octanol–water partition coefficient (Wildman–Crippen LogP) is -0.108. The van der Waals surface area contributed by atoms with Gasteiger partial charge in [0, 0.05) is 0 Å². The first-order valence-electron chi connectivity index (χ1n) is 2.31. The van der Waals surface area contributed by atoms with Crippen molar-refractivity contribution in [3.05, 3.63) is 0 Å². The van der Waals surface area contributed by atoms with Gasteiger partial charge >= 0.3 is 0 Å². The Morgan fingerprint density at radius 1 is 1.38 bits per heavy atom. The molecular weight excluding hydrogens is 131 g/mol. The van der Waals surface area contributed by atoms with Crippen LogP contribution in [0.2, 0.25) is 0 Å². The summed E-state index contributed by atoms with van der Waals surface area (Å²) < 4.78 is 18.7.